The molecule has 0 aromatic heterocycles. The molecule has 2 aromatic rings. The molecule has 0 heterocycles. The van der Waals surface area contributed by atoms with E-state index in [4.69, 9.17) is 5.21 Å². The van der Waals surface area contributed by atoms with Crippen LogP contribution in [-0.2, 0) is 4.79 Å². The van der Waals surface area contributed by atoms with Gasteiger partial charge in [0.15, 0.2) is 0 Å². The van der Waals surface area contributed by atoms with Crippen molar-refractivity contribution in [3.8, 4) is 5.75 Å². The molecule has 7 nitrogen and oxygen atoms in total. The van der Waals surface area contributed by atoms with Gasteiger partial charge >= 0.3 is 0 Å². The molecule has 2 rings (SSSR count). The lowest BCUT2D eigenvalue weighted by Gasteiger charge is -2.01. The highest BCUT2D eigenvalue weighted by molar-refractivity contribution is 5.95. The highest BCUT2D eigenvalue weighted by Gasteiger charge is 2.04. The first-order valence-corrected chi connectivity index (χ1v) is 7.04. The maximum Gasteiger partial charge on any atom is 0.271 e. The Kier molecular flexibility index (Phi) is 5.97. The summed E-state index contributed by atoms with van der Waals surface area (Å²) in [4.78, 5) is 22.8. The van der Waals surface area contributed by atoms with Gasteiger partial charge in [0.05, 0.1) is 6.21 Å². The van der Waals surface area contributed by atoms with Gasteiger partial charge in [0.25, 0.3) is 11.8 Å². The van der Waals surface area contributed by atoms with E-state index in [1.54, 1.807) is 12.1 Å². The van der Waals surface area contributed by atoms with Crippen LogP contribution in [0.4, 0.5) is 4.39 Å². The van der Waals surface area contributed by atoms with Gasteiger partial charge in [0.2, 0.25) is 0 Å². The second-order valence-corrected chi connectivity index (χ2v) is 4.83. The zero-order valence-corrected chi connectivity index (χ0v) is 12.8. The molecule has 0 aliphatic rings. The van der Waals surface area contributed by atoms with E-state index in [1.165, 1.54) is 29.8 Å². The summed E-state index contributed by atoms with van der Waals surface area (Å²) in [7, 11) is 0. The molecular formula is C17H14FN3O4. The molecule has 0 radical (unpaired) electrons. The molecule has 0 unspecified atom stereocenters. The van der Waals surface area contributed by atoms with Crippen LogP contribution in [0, 0.1) is 5.82 Å². The molecule has 0 bridgehead atoms. The topological polar surface area (TPSA) is 111 Å². The third-order valence-electron chi connectivity index (χ3n) is 3.07. The number of carbonyl (C=O) groups excluding carboxylic acids is 2. The fourth-order valence-corrected chi connectivity index (χ4v) is 1.81. The standard InChI is InChI=1S/C17H14FN3O4/c18-14-6-7-15(22)13(9-14)10-19-20-17(24)12-4-1-11(2-5-12)3-8-16(23)21-25/h1-10,22,25H,(H,20,24)(H,21,23). The largest absolute Gasteiger partial charge is 0.507 e. The molecule has 0 aliphatic carbocycles. The van der Waals surface area contributed by atoms with Crippen LogP contribution in [0.15, 0.2) is 53.6 Å². The molecule has 4 N–H and O–H groups in total. The summed E-state index contributed by atoms with van der Waals surface area (Å²) >= 11 is 0. The van der Waals surface area contributed by atoms with E-state index in [-0.39, 0.29) is 11.3 Å². The average Bonchev–Trinajstić information content (AvgIpc) is 2.62. The van der Waals surface area contributed by atoms with Gasteiger partial charge < -0.3 is 5.11 Å². The summed E-state index contributed by atoms with van der Waals surface area (Å²) in [5.74, 6) is -1.88. The van der Waals surface area contributed by atoms with Crippen molar-refractivity contribution in [1.82, 2.24) is 10.9 Å². The van der Waals surface area contributed by atoms with Gasteiger partial charge in [-0.3, -0.25) is 14.8 Å². The monoisotopic (exact) mass is 343 g/mol. The molecule has 25 heavy (non-hydrogen) atoms. The normalized spacial score (nSPS) is 11.0. The van der Waals surface area contributed by atoms with Crippen LogP contribution in [0.1, 0.15) is 21.5 Å². The maximum absolute atomic E-state index is 13.1. The molecule has 0 fully saturated rings. The van der Waals surface area contributed by atoms with E-state index < -0.39 is 17.6 Å². The number of hydrazone groups is 1. The Morgan fingerprint density at radius 2 is 1.84 bits per heavy atom. The minimum absolute atomic E-state index is 0.128. The van der Waals surface area contributed by atoms with E-state index >= 15 is 0 Å². The van der Waals surface area contributed by atoms with Gasteiger partial charge in [-0.05, 0) is 42.0 Å². The van der Waals surface area contributed by atoms with Crippen molar-refractivity contribution in [2.75, 3.05) is 0 Å². The van der Waals surface area contributed by atoms with Crippen molar-refractivity contribution in [1.29, 1.82) is 0 Å². The number of hydrogen-bond donors (Lipinski definition) is 4. The van der Waals surface area contributed by atoms with Crippen LogP contribution < -0.4 is 10.9 Å². The van der Waals surface area contributed by atoms with Gasteiger partial charge in [-0.1, -0.05) is 12.1 Å². The van der Waals surface area contributed by atoms with Gasteiger partial charge in [-0.15, -0.1) is 0 Å². The number of nitrogens with zero attached hydrogens (tertiary/aromatic N) is 1. The number of aromatic hydroxyl groups is 1. The number of hydrogen-bond acceptors (Lipinski definition) is 5. The Balaban J connectivity index is 1.99. The minimum Gasteiger partial charge on any atom is -0.507 e. The van der Waals surface area contributed by atoms with Gasteiger partial charge in [0.1, 0.15) is 11.6 Å². The van der Waals surface area contributed by atoms with E-state index in [1.807, 2.05) is 0 Å². The zero-order chi connectivity index (χ0) is 18.2. The molecule has 128 valence electrons. The van der Waals surface area contributed by atoms with Crippen LogP contribution >= 0.6 is 0 Å². The van der Waals surface area contributed by atoms with Crippen molar-refractivity contribution < 1.29 is 24.3 Å². The molecule has 2 aromatic carbocycles. The summed E-state index contributed by atoms with van der Waals surface area (Å²) in [6, 6.07) is 9.58. The Bertz CT molecular complexity index is 832. The average molecular weight is 343 g/mol. The summed E-state index contributed by atoms with van der Waals surface area (Å²) in [5, 5.41) is 21.6. The van der Waals surface area contributed by atoms with Crippen molar-refractivity contribution in [3.05, 3.63) is 71.0 Å². The Labute approximate surface area is 142 Å². The van der Waals surface area contributed by atoms with E-state index in [9.17, 15) is 19.1 Å². The molecule has 0 spiro atoms. The van der Waals surface area contributed by atoms with Crippen molar-refractivity contribution in [2.24, 2.45) is 5.10 Å². The van der Waals surface area contributed by atoms with Gasteiger partial charge in [0, 0.05) is 17.2 Å². The quantitative estimate of drug-likeness (QED) is 0.287. The lowest BCUT2D eigenvalue weighted by Crippen LogP contribution is -2.17. The predicted octanol–water partition coefficient (Wildman–Crippen LogP) is 1.81. The third kappa shape index (κ3) is 5.26. The lowest BCUT2D eigenvalue weighted by molar-refractivity contribution is -0.124. The molecule has 0 atom stereocenters. The molecule has 0 saturated heterocycles. The van der Waals surface area contributed by atoms with Crippen LogP contribution in [0.3, 0.4) is 0 Å². The molecule has 0 saturated carbocycles. The highest BCUT2D eigenvalue weighted by atomic mass is 19.1. The fourth-order valence-electron chi connectivity index (χ4n) is 1.81. The van der Waals surface area contributed by atoms with E-state index in [0.29, 0.717) is 11.1 Å². The lowest BCUT2D eigenvalue weighted by atomic mass is 10.1. The Hall–Kier alpha value is -3.52. The second kappa shape index (κ2) is 8.37. The number of hydroxylamine groups is 1. The summed E-state index contributed by atoms with van der Waals surface area (Å²) in [6.07, 6.45) is 3.71. The molecule has 8 heteroatoms. The molecule has 0 aliphatic heterocycles. The highest BCUT2D eigenvalue weighted by Crippen LogP contribution is 2.15. The number of phenols is 1. The summed E-state index contributed by atoms with van der Waals surface area (Å²) in [6.45, 7) is 0. The van der Waals surface area contributed by atoms with Gasteiger partial charge in [-0.25, -0.2) is 15.3 Å². The smallest absolute Gasteiger partial charge is 0.271 e. The second-order valence-electron chi connectivity index (χ2n) is 4.83. The number of halogens is 1. The number of rotatable bonds is 5. The maximum atomic E-state index is 13.1. The first-order valence-electron chi connectivity index (χ1n) is 7.04. The van der Waals surface area contributed by atoms with Crippen molar-refractivity contribution in [2.45, 2.75) is 0 Å². The van der Waals surface area contributed by atoms with Crippen LogP contribution in [0.25, 0.3) is 6.08 Å². The third-order valence-corrected chi connectivity index (χ3v) is 3.07. The Morgan fingerprint density at radius 1 is 1.12 bits per heavy atom. The van der Waals surface area contributed by atoms with E-state index in [2.05, 4.69) is 10.5 Å². The van der Waals surface area contributed by atoms with Crippen molar-refractivity contribution >= 4 is 24.1 Å². The number of benzene rings is 2. The summed E-state index contributed by atoms with van der Waals surface area (Å²) in [5.41, 5.74) is 4.80. The number of phenolic OH excluding ortho intramolecular Hbond substituents is 1. The SMILES string of the molecule is O=C(C=Cc1ccc(C(=O)NN=Cc2cc(F)ccc2O)cc1)NO. The number of nitrogens with one attached hydrogen (secondary N) is 2. The Morgan fingerprint density at radius 3 is 2.52 bits per heavy atom. The van der Waals surface area contributed by atoms with Gasteiger partial charge in [-0.2, -0.15) is 5.10 Å². The summed E-state index contributed by atoms with van der Waals surface area (Å²) < 4.78 is 13.1. The fraction of sp³-hybridized carbons (Fsp3) is 0. The first kappa shape index (κ1) is 17.8. The minimum atomic E-state index is -0.670. The van der Waals surface area contributed by atoms with E-state index in [0.717, 1.165) is 24.4 Å². The predicted molar refractivity (Wildman–Crippen MR) is 88.5 cm³/mol. The first-order chi connectivity index (χ1) is 12.0. The van der Waals surface area contributed by atoms with Crippen LogP contribution in [0.2, 0.25) is 0 Å². The molecular weight excluding hydrogens is 329 g/mol. The zero-order valence-electron chi connectivity index (χ0n) is 12.8. The van der Waals surface area contributed by atoms with Crippen LogP contribution in [-0.4, -0.2) is 28.3 Å². The number of carbonyl (C=O) groups is 2. The molecule has 2 amide bonds. The van der Waals surface area contributed by atoms with Crippen molar-refractivity contribution in [3.63, 3.8) is 0 Å². The van der Waals surface area contributed by atoms with Crippen LogP contribution in [0.5, 0.6) is 5.75 Å². The number of amides is 2.